The van der Waals surface area contributed by atoms with Gasteiger partial charge in [-0.2, -0.15) is 0 Å². The van der Waals surface area contributed by atoms with E-state index in [1.807, 2.05) is 6.07 Å². The number of hydrogen-bond donors (Lipinski definition) is 1. The molecule has 0 spiro atoms. The molecule has 1 N–H and O–H groups in total. The summed E-state index contributed by atoms with van der Waals surface area (Å²) >= 11 is 0. The van der Waals surface area contributed by atoms with Crippen LogP contribution in [0.15, 0.2) is 42.5 Å². The Morgan fingerprint density at radius 3 is 2.53 bits per heavy atom. The largest absolute Gasteiger partial charge is 0.508 e. The summed E-state index contributed by atoms with van der Waals surface area (Å²) in [7, 11) is 0. The number of nitrogens with zero attached hydrogens (tertiary/aromatic N) is 1. The third-order valence-corrected chi connectivity index (χ3v) is 4.06. The average Bonchev–Trinajstić information content (AvgIpc) is 3.00. The maximum absolute atomic E-state index is 9.50. The Labute approximate surface area is 112 Å². The van der Waals surface area contributed by atoms with Crippen LogP contribution in [0.1, 0.15) is 22.7 Å². The van der Waals surface area contributed by atoms with Gasteiger partial charge in [0.15, 0.2) is 0 Å². The number of aromatic hydroxyl groups is 1. The zero-order chi connectivity index (χ0) is 12.8. The summed E-state index contributed by atoms with van der Waals surface area (Å²) in [4.78, 5) is 2.44. The Kier molecular flexibility index (Phi) is 2.29. The zero-order valence-corrected chi connectivity index (χ0v) is 10.5. The number of benzene rings is 2. The van der Waals surface area contributed by atoms with Crippen molar-refractivity contribution in [3.63, 3.8) is 0 Å². The molecule has 96 valence electrons. The number of fused-ring (bicyclic) bond motifs is 2. The summed E-state index contributed by atoms with van der Waals surface area (Å²) in [6.45, 7) is 2.63. The molecule has 1 atom stereocenters. The molecule has 3 heteroatoms. The molecule has 0 aromatic heterocycles. The second kappa shape index (κ2) is 4.00. The van der Waals surface area contributed by atoms with Crippen molar-refractivity contribution in [2.45, 2.75) is 19.1 Å². The van der Waals surface area contributed by atoms with E-state index in [0.717, 1.165) is 18.8 Å². The number of ether oxygens (including phenoxy) is 1. The average molecular weight is 253 g/mol. The Balaban J connectivity index is 1.64. The lowest BCUT2D eigenvalue weighted by Gasteiger charge is -2.22. The molecular weight excluding hydrogens is 238 g/mol. The van der Waals surface area contributed by atoms with Crippen LogP contribution in [0.4, 0.5) is 0 Å². The molecule has 1 unspecified atom stereocenters. The molecule has 0 fully saturated rings. The van der Waals surface area contributed by atoms with E-state index in [4.69, 9.17) is 4.74 Å². The van der Waals surface area contributed by atoms with E-state index in [9.17, 15) is 5.11 Å². The van der Waals surface area contributed by atoms with Gasteiger partial charge in [-0.05, 0) is 23.3 Å². The minimum absolute atomic E-state index is 0.268. The predicted molar refractivity (Wildman–Crippen MR) is 72.0 cm³/mol. The van der Waals surface area contributed by atoms with Gasteiger partial charge in [-0.15, -0.1) is 0 Å². The van der Waals surface area contributed by atoms with E-state index in [-0.39, 0.29) is 5.75 Å². The second-order valence-corrected chi connectivity index (χ2v) is 5.22. The maximum atomic E-state index is 9.50. The van der Waals surface area contributed by atoms with Crippen molar-refractivity contribution in [1.82, 2.24) is 4.90 Å². The molecular formula is C16H15NO2. The highest BCUT2D eigenvalue weighted by Crippen LogP contribution is 2.41. The Morgan fingerprint density at radius 2 is 1.79 bits per heavy atom. The quantitative estimate of drug-likeness (QED) is 0.848. The van der Waals surface area contributed by atoms with Crippen LogP contribution in [0.2, 0.25) is 0 Å². The van der Waals surface area contributed by atoms with Crippen LogP contribution < -0.4 is 4.74 Å². The summed E-state index contributed by atoms with van der Waals surface area (Å²) < 4.78 is 5.70. The normalized spacial score (nSPS) is 20.9. The number of hydrogen-bond acceptors (Lipinski definition) is 3. The molecule has 2 aliphatic heterocycles. The summed E-state index contributed by atoms with van der Waals surface area (Å²) in [5.74, 6) is 1.09. The SMILES string of the molecule is Oc1ccc2c(c1)OCC2N1Cc2ccccc2C1. The Hall–Kier alpha value is -2.00. The molecule has 4 rings (SSSR count). The minimum atomic E-state index is 0.268. The second-order valence-electron chi connectivity index (χ2n) is 5.22. The van der Waals surface area contributed by atoms with Gasteiger partial charge in [-0.25, -0.2) is 0 Å². The highest BCUT2D eigenvalue weighted by Gasteiger charge is 2.33. The molecule has 2 heterocycles. The molecule has 0 amide bonds. The molecule has 19 heavy (non-hydrogen) atoms. The number of phenolic OH excluding ortho intramolecular Hbond substituents is 1. The highest BCUT2D eigenvalue weighted by atomic mass is 16.5. The van der Waals surface area contributed by atoms with Crippen molar-refractivity contribution in [2.75, 3.05) is 6.61 Å². The third kappa shape index (κ3) is 1.70. The van der Waals surface area contributed by atoms with Crippen LogP contribution in [0.3, 0.4) is 0 Å². The van der Waals surface area contributed by atoms with E-state index in [2.05, 4.69) is 29.2 Å². The van der Waals surface area contributed by atoms with Crippen LogP contribution in [0.25, 0.3) is 0 Å². The topological polar surface area (TPSA) is 32.7 Å². The molecule has 0 aliphatic carbocycles. The van der Waals surface area contributed by atoms with Crippen molar-refractivity contribution in [3.8, 4) is 11.5 Å². The summed E-state index contributed by atoms with van der Waals surface area (Å²) in [5.41, 5.74) is 4.01. The van der Waals surface area contributed by atoms with E-state index in [1.165, 1.54) is 16.7 Å². The van der Waals surface area contributed by atoms with E-state index in [0.29, 0.717) is 12.6 Å². The first-order valence-electron chi connectivity index (χ1n) is 6.58. The van der Waals surface area contributed by atoms with E-state index >= 15 is 0 Å². The molecule has 0 saturated heterocycles. The summed E-state index contributed by atoms with van der Waals surface area (Å²) in [6.07, 6.45) is 0. The van der Waals surface area contributed by atoms with Crippen molar-refractivity contribution >= 4 is 0 Å². The molecule has 2 aromatic rings. The van der Waals surface area contributed by atoms with Crippen molar-refractivity contribution in [1.29, 1.82) is 0 Å². The van der Waals surface area contributed by atoms with Gasteiger partial charge in [-0.3, -0.25) is 4.90 Å². The fourth-order valence-electron chi connectivity index (χ4n) is 3.06. The van der Waals surface area contributed by atoms with Gasteiger partial charge >= 0.3 is 0 Å². The smallest absolute Gasteiger partial charge is 0.128 e. The van der Waals surface area contributed by atoms with Gasteiger partial charge in [0.2, 0.25) is 0 Å². The van der Waals surface area contributed by atoms with Crippen LogP contribution in [-0.2, 0) is 13.1 Å². The van der Waals surface area contributed by atoms with Gasteiger partial charge in [-0.1, -0.05) is 24.3 Å². The van der Waals surface area contributed by atoms with Crippen LogP contribution >= 0.6 is 0 Å². The number of rotatable bonds is 1. The number of phenols is 1. The van der Waals surface area contributed by atoms with E-state index in [1.54, 1.807) is 12.1 Å². The molecule has 3 nitrogen and oxygen atoms in total. The lowest BCUT2D eigenvalue weighted by Crippen LogP contribution is -2.24. The van der Waals surface area contributed by atoms with Gasteiger partial charge < -0.3 is 9.84 Å². The standard InChI is InChI=1S/C16H15NO2/c18-13-5-6-14-15(10-19-16(14)7-13)17-8-11-3-1-2-4-12(11)9-17/h1-7,15,18H,8-10H2. The maximum Gasteiger partial charge on any atom is 0.128 e. The molecule has 0 saturated carbocycles. The van der Waals surface area contributed by atoms with Gasteiger partial charge in [0.1, 0.15) is 18.1 Å². The first kappa shape index (κ1) is 10.9. The highest BCUT2D eigenvalue weighted by molar-refractivity contribution is 5.45. The van der Waals surface area contributed by atoms with Crippen molar-refractivity contribution in [3.05, 3.63) is 59.2 Å². The van der Waals surface area contributed by atoms with Gasteiger partial charge in [0.05, 0.1) is 6.04 Å². The first-order chi connectivity index (χ1) is 9.31. The van der Waals surface area contributed by atoms with E-state index < -0.39 is 0 Å². The van der Waals surface area contributed by atoms with Gasteiger partial charge in [0, 0.05) is 24.7 Å². The Bertz CT molecular complexity index is 613. The van der Waals surface area contributed by atoms with Crippen LogP contribution in [0, 0.1) is 0 Å². The first-order valence-corrected chi connectivity index (χ1v) is 6.58. The lowest BCUT2D eigenvalue weighted by atomic mass is 10.1. The molecule has 2 aromatic carbocycles. The lowest BCUT2D eigenvalue weighted by molar-refractivity contribution is 0.163. The third-order valence-electron chi connectivity index (χ3n) is 4.06. The Morgan fingerprint density at radius 1 is 1.05 bits per heavy atom. The molecule has 2 aliphatic rings. The predicted octanol–water partition coefficient (Wildman–Crippen LogP) is 2.84. The van der Waals surface area contributed by atoms with Crippen molar-refractivity contribution < 1.29 is 9.84 Å². The fourth-order valence-corrected chi connectivity index (χ4v) is 3.06. The van der Waals surface area contributed by atoms with Crippen molar-refractivity contribution in [2.24, 2.45) is 0 Å². The van der Waals surface area contributed by atoms with Crippen LogP contribution in [0.5, 0.6) is 11.5 Å². The monoisotopic (exact) mass is 253 g/mol. The minimum Gasteiger partial charge on any atom is -0.508 e. The fraction of sp³-hybridized carbons (Fsp3) is 0.250. The summed E-state index contributed by atoms with van der Waals surface area (Å²) in [5, 5.41) is 9.50. The molecule has 0 radical (unpaired) electrons. The summed E-state index contributed by atoms with van der Waals surface area (Å²) in [6, 6.07) is 14.3. The van der Waals surface area contributed by atoms with Gasteiger partial charge in [0.25, 0.3) is 0 Å². The zero-order valence-electron chi connectivity index (χ0n) is 10.5. The van der Waals surface area contributed by atoms with Crippen LogP contribution in [-0.4, -0.2) is 16.6 Å². The molecule has 0 bridgehead atoms.